The van der Waals surface area contributed by atoms with E-state index in [0.29, 0.717) is 0 Å². The van der Waals surface area contributed by atoms with E-state index in [-0.39, 0.29) is 5.56 Å². The summed E-state index contributed by atoms with van der Waals surface area (Å²) in [7, 11) is -0.446. The Bertz CT molecular complexity index is 1180. The van der Waals surface area contributed by atoms with E-state index >= 15 is 0 Å². The Morgan fingerprint density at radius 3 is 1.18 bits per heavy atom. The van der Waals surface area contributed by atoms with E-state index in [0.717, 1.165) is 18.2 Å². The van der Waals surface area contributed by atoms with Gasteiger partial charge in [-0.15, -0.1) is 0 Å². The fourth-order valence-corrected chi connectivity index (χ4v) is 5.52. The van der Waals surface area contributed by atoms with Crippen molar-refractivity contribution in [3.8, 4) is 0 Å². The Balaban J connectivity index is 0.000000197. The fraction of sp³-hybridized carbons (Fsp3) is 0. The molecule has 0 heterocycles. The van der Waals surface area contributed by atoms with Crippen molar-refractivity contribution in [1.82, 2.24) is 0 Å². The summed E-state index contributed by atoms with van der Waals surface area (Å²) in [6, 6.07) is 35.1. The van der Waals surface area contributed by atoms with Crippen molar-refractivity contribution in [2.75, 3.05) is 0 Å². The van der Waals surface area contributed by atoms with Crippen LogP contribution in [0.2, 0.25) is 0 Å². The molecule has 170 valence electrons. The largest absolute Gasteiger partial charge is 0.478 e. The maximum Gasteiger partial charge on any atom is 0.336 e. The summed E-state index contributed by atoms with van der Waals surface area (Å²) in [6.45, 7) is 0. The van der Waals surface area contributed by atoms with E-state index in [9.17, 15) is 14.4 Å². The van der Waals surface area contributed by atoms with Crippen LogP contribution in [0.15, 0.2) is 109 Å². The maximum atomic E-state index is 10.6. The van der Waals surface area contributed by atoms with Crippen LogP contribution in [0.25, 0.3) is 0 Å². The molecule has 4 rings (SSSR count). The summed E-state index contributed by atoms with van der Waals surface area (Å²) in [4.78, 5) is 31.8. The smallest absolute Gasteiger partial charge is 0.336 e. The molecule has 6 nitrogen and oxygen atoms in total. The lowest BCUT2D eigenvalue weighted by Gasteiger charge is -2.18. The SMILES string of the molecule is O=C(O)c1ccc(C(=O)O)c(C(=O)O)c1.c1ccc(P(c2ccccc2)c2ccccc2)cc1. The first-order chi connectivity index (χ1) is 16.4. The van der Waals surface area contributed by atoms with Gasteiger partial charge in [-0.3, -0.25) is 0 Å². The van der Waals surface area contributed by atoms with Crippen LogP contribution < -0.4 is 15.9 Å². The third-order valence-electron chi connectivity index (χ3n) is 4.77. The average molecular weight is 472 g/mol. The highest BCUT2D eigenvalue weighted by Crippen LogP contribution is 2.32. The number of rotatable bonds is 6. The molecule has 0 fully saturated rings. The van der Waals surface area contributed by atoms with Crippen LogP contribution >= 0.6 is 7.92 Å². The Kier molecular flexibility index (Phi) is 8.27. The monoisotopic (exact) mass is 472 g/mol. The molecular weight excluding hydrogens is 451 g/mol. The quantitative estimate of drug-likeness (QED) is 0.362. The Hall–Kier alpha value is -4.28. The summed E-state index contributed by atoms with van der Waals surface area (Å²) in [5, 5.41) is 30.1. The van der Waals surface area contributed by atoms with Crippen LogP contribution in [0.5, 0.6) is 0 Å². The van der Waals surface area contributed by atoms with E-state index in [1.54, 1.807) is 0 Å². The van der Waals surface area contributed by atoms with Crippen molar-refractivity contribution in [2.45, 2.75) is 0 Å². The Morgan fingerprint density at radius 1 is 0.471 bits per heavy atom. The van der Waals surface area contributed by atoms with E-state index in [1.165, 1.54) is 15.9 Å². The number of carboxylic acid groups (broad SMARTS) is 3. The second-order valence-electron chi connectivity index (χ2n) is 7.02. The number of benzene rings is 4. The second-order valence-corrected chi connectivity index (χ2v) is 9.24. The molecule has 0 bridgehead atoms. The molecule has 0 aliphatic carbocycles. The number of carboxylic acids is 3. The Labute approximate surface area is 197 Å². The van der Waals surface area contributed by atoms with Crippen LogP contribution in [-0.4, -0.2) is 33.2 Å². The van der Waals surface area contributed by atoms with Gasteiger partial charge in [0.15, 0.2) is 0 Å². The van der Waals surface area contributed by atoms with Gasteiger partial charge in [-0.25, -0.2) is 14.4 Å². The zero-order chi connectivity index (χ0) is 24.5. The molecule has 0 aromatic heterocycles. The van der Waals surface area contributed by atoms with Crippen molar-refractivity contribution in [3.05, 3.63) is 126 Å². The molecule has 4 aromatic carbocycles. The molecule has 7 heteroatoms. The van der Waals surface area contributed by atoms with Gasteiger partial charge in [0.25, 0.3) is 0 Å². The van der Waals surface area contributed by atoms with Gasteiger partial charge >= 0.3 is 17.9 Å². The van der Waals surface area contributed by atoms with E-state index in [1.807, 2.05) is 0 Å². The summed E-state index contributed by atoms with van der Waals surface area (Å²) in [6.07, 6.45) is 0. The maximum absolute atomic E-state index is 10.6. The first-order valence-corrected chi connectivity index (χ1v) is 11.5. The first kappa shape index (κ1) is 24.4. The van der Waals surface area contributed by atoms with E-state index < -0.39 is 37.0 Å². The topological polar surface area (TPSA) is 112 Å². The van der Waals surface area contributed by atoms with E-state index in [2.05, 4.69) is 91.0 Å². The molecule has 0 saturated carbocycles. The molecule has 0 saturated heterocycles. The van der Waals surface area contributed by atoms with Gasteiger partial charge < -0.3 is 15.3 Å². The molecule has 0 unspecified atom stereocenters. The third-order valence-corrected chi connectivity index (χ3v) is 7.21. The van der Waals surface area contributed by atoms with Gasteiger partial charge in [0.1, 0.15) is 0 Å². The molecule has 0 amide bonds. The number of aromatic carboxylic acids is 3. The normalized spacial score (nSPS) is 10.1. The minimum atomic E-state index is -1.48. The molecule has 0 spiro atoms. The van der Waals surface area contributed by atoms with Gasteiger partial charge in [0.2, 0.25) is 0 Å². The van der Waals surface area contributed by atoms with Gasteiger partial charge in [0.05, 0.1) is 16.7 Å². The van der Waals surface area contributed by atoms with Gasteiger partial charge in [-0.1, -0.05) is 91.0 Å². The lowest BCUT2D eigenvalue weighted by atomic mass is 10.0. The lowest BCUT2D eigenvalue weighted by molar-refractivity contribution is 0.0649. The van der Waals surface area contributed by atoms with Crippen molar-refractivity contribution in [1.29, 1.82) is 0 Å². The summed E-state index contributed by atoms with van der Waals surface area (Å²) in [5.41, 5.74) is -1.24. The minimum Gasteiger partial charge on any atom is -0.478 e. The fourth-order valence-electron chi connectivity index (χ4n) is 3.22. The van der Waals surface area contributed by atoms with Crippen molar-refractivity contribution < 1.29 is 29.7 Å². The van der Waals surface area contributed by atoms with Crippen LogP contribution in [0.3, 0.4) is 0 Å². The highest BCUT2D eigenvalue weighted by atomic mass is 31.1. The minimum absolute atomic E-state index is 0.266. The van der Waals surface area contributed by atoms with Gasteiger partial charge in [-0.2, -0.15) is 0 Å². The molecule has 0 aliphatic rings. The third kappa shape index (κ3) is 6.15. The van der Waals surface area contributed by atoms with Crippen LogP contribution in [0, 0.1) is 0 Å². The zero-order valence-corrected chi connectivity index (χ0v) is 18.8. The van der Waals surface area contributed by atoms with Crippen LogP contribution in [0.4, 0.5) is 0 Å². The number of hydrogen-bond donors (Lipinski definition) is 3. The molecular formula is C27H21O6P. The zero-order valence-electron chi connectivity index (χ0n) is 17.9. The second kappa shape index (κ2) is 11.5. The van der Waals surface area contributed by atoms with Gasteiger partial charge in [0, 0.05) is 0 Å². The first-order valence-electron chi connectivity index (χ1n) is 10.2. The average Bonchev–Trinajstić information content (AvgIpc) is 2.86. The van der Waals surface area contributed by atoms with Gasteiger partial charge in [-0.05, 0) is 42.0 Å². The molecule has 4 aromatic rings. The number of hydrogen-bond acceptors (Lipinski definition) is 3. The molecule has 3 N–H and O–H groups in total. The molecule has 0 atom stereocenters. The van der Waals surface area contributed by atoms with E-state index in [4.69, 9.17) is 15.3 Å². The summed E-state index contributed by atoms with van der Waals surface area (Å²) < 4.78 is 0. The highest BCUT2D eigenvalue weighted by molar-refractivity contribution is 7.79. The van der Waals surface area contributed by atoms with Crippen molar-refractivity contribution in [3.63, 3.8) is 0 Å². The molecule has 0 aliphatic heterocycles. The Morgan fingerprint density at radius 2 is 0.853 bits per heavy atom. The lowest BCUT2D eigenvalue weighted by Crippen LogP contribution is -2.20. The number of carbonyl (C=O) groups is 3. The standard InChI is InChI=1S/C18H15P.C9H6O6/c1-4-10-16(11-5-1)19(17-12-6-2-7-13-17)18-14-8-3-9-15-18;10-7(11)4-1-2-5(8(12)13)6(3-4)9(14)15/h1-15H;1-3H,(H,10,11)(H,12,13)(H,14,15). The summed E-state index contributed by atoms with van der Waals surface area (Å²) >= 11 is 0. The molecule has 34 heavy (non-hydrogen) atoms. The molecule has 0 radical (unpaired) electrons. The van der Waals surface area contributed by atoms with Crippen LogP contribution in [0.1, 0.15) is 31.1 Å². The van der Waals surface area contributed by atoms with Crippen LogP contribution in [-0.2, 0) is 0 Å². The van der Waals surface area contributed by atoms with Crippen molar-refractivity contribution in [2.24, 2.45) is 0 Å². The summed E-state index contributed by atoms with van der Waals surface area (Å²) in [5.74, 6) is -4.20. The predicted molar refractivity (Wildman–Crippen MR) is 132 cm³/mol. The highest BCUT2D eigenvalue weighted by Gasteiger charge is 2.18. The predicted octanol–water partition coefficient (Wildman–Crippen LogP) is 4.23. The van der Waals surface area contributed by atoms with Crippen molar-refractivity contribution >= 4 is 41.7 Å².